The molecule has 0 amide bonds. The highest BCUT2D eigenvalue weighted by Gasteiger charge is 2.27. The van der Waals surface area contributed by atoms with Gasteiger partial charge in [0.15, 0.2) is 9.84 Å². The van der Waals surface area contributed by atoms with Gasteiger partial charge >= 0.3 is 5.97 Å². The maximum absolute atomic E-state index is 11.1. The first kappa shape index (κ1) is 14.7. The summed E-state index contributed by atoms with van der Waals surface area (Å²) in [6.07, 6.45) is 0.927. The second-order valence-corrected chi connectivity index (χ2v) is 5.61. The molecule has 1 atom stereocenters. The molecule has 90 valence electrons. The van der Waals surface area contributed by atoms with Gasteiger partial charge in [0.25, 0.3) is 0 Å². The molecule has 1 saturated heterocycles. The number of hydrogen-bond acceptors (Lipinski definition) is 5. The van der Waals surface area contributed by atoms with E-state index in [1.807, 2.05) is 0 Å². The van der Waals surface area contributed by atoms with Gasteiger partial charge in [0.2, 0.25) is 0 Å². The Morgan fingerprint density at radius 2 is 2.20 bits per heavy atom. The highest BCUT2D eigenvalue weighted by molar-refractivity contribution is 7.91. The van der Waals surface area contributed by atoms with Gasteiger partial charge in [-0.3, -0.25) is 4.79 Å². The molecule has 0 aromatic rings. The average Bonchev–Trinajstić information content (AvgIpc) is 2.45. The number of ether oxygens (including phenoxy) is 1. The highest BCUT2D eigenvalue weighted by atomic mass is 35.5. The van der Waals surface area contributed by atoms with Crippen LogP contribution < -0.4 is 5.32 Å². The second-order valence-electron chi connectivity index (χ2n) is 3.38. The molecule has 0 saturated carbocycles. The van der Waals surface area contributed by atoms with Gasteiger partial charge in [-0.2, -0.15) is 0 Å². The topological polar surface area (TPSA) is 72.5 Å². The number of halogens is 1. The van der Waals surface area contributed by atoms with E-state index in [9.17, 15) is 13.2 Å². The summed E-state index contributed by atoms with van der Waals surface area (Å²) in [4.78, 5) is 10.7. The molecular weight excluding hydrogens is 242 g/mol. The molecule has 15 heavy (non-hydrogen) atoms. The van der Waals surface area contributed by atoms with Gasteiger partial charge in [-0.15, -0.1) is 12.4 Å². The van der Waals surface area contributed by atoms with Crippen LogP contribution in [0.1, 0.15) is 12.8 Å². The molecule has 0 radical (unpaired) electrons. The molecule has 1 N–H and O–H groups in total. The zero-order valence-electron chi connectivity index (χ0n) is 8.56. The summed E-state index contributed by atoms with van der Waals surface area (Å²) >= 11 is 0. The number of carbonyl (C=O) groups excluding carboxylic acids is 1. The Balaban J connectivity index is 0.00000196. The Labute approximate surface area is 95.9 Å². The number of hydrogen-bond donors (Lipinski definition) is 1. The summed E-state index contributed by atoms with van der Waals surface area (Å²) < 4.78 is 26.6. The SMILES string of the molecule is COC(=O)CCNC1CCS(=O)(=O)C1.Cl. The van der Waals surface area contributed by atoms with Crippen molar-refractivity contribution in [3.8, 4) is 0 Å². The van der Waals surface area contributed by atoms with Gasteiger partial charge in [0.05, 0.1) is 25.0 Å². The van der Waals surface area contributed by atoms with Crippen molar-refractivity contribution in [2.45, 2.75) is 18.9 Å². The zero-order valence-corrected chi connectivity index (χ0v) is 10.2. The van der Waals surface area contributed by atoms with Crippen LogP contribution in [-0.2, 0) is 19.4 Å². The molecule has 1 aliphatic rings. The molecule has 1 rings (SSSR count). The first-order valence-electron chi connectivity index (χ1n) is 4.54. The number of methoxy groups -OCH3 is 1. The van der Waals surface area contributed by atoms with Crippen molar-refractivity contribution in [1.82, 2.24) is 5.32 Å². The van der Waals surface area contributed by atoms with E-state index in [0.717, 1.165) is 0 Å². The third-order valence-corrected chi connectivity index (χ3v) is 3.99. The highest BCUT2D eigenvalue weighted by Crippen LogP contribution is 2.10. The van der Waals surface area contributed by atoms with Crippen LogP contribution in [0.25, 0.3) is 0 Å². The fourth-order valence-corrected chi connectivity index (χ4v) is 3.14. The fourth-order valence-electron chi connectivity index (χ4n) is 1.44. The van der Waals surface area contributed by atoms with Crippen molar-refractivity contribution >= 4 is 28.2 Å². The smallest absolute Gasteiger partial charge is 0.306 e. The van der Waals surface area contributed by atoms with Gasteiger partial charge in [0, 0.05) is 12.6 Å². The molecular formula is C8H16ClNO4S. The molecule has 0 aliphatic carbocycles. The maximum atomic E-state index is 11.1. The minimum atomic E-state index is -2.83. The summed E-state index contributed by atoms with van der Waals surface area (Å²) in [6, 6.07) is 0.00431. The summed E-state index contributed by atoms with van der Waals surface area (Å²) in [5, 5.41) is 3.02. The van der Waals surface area contributed by atoms with E-state index in [1.165, 1.54) is 7.11 Å². The first-order chi connectivity index (χ1) is 6.53. The lowest BCUT2D eigenvalue weighted by molar-refractivity contribution is -0.140. The van der Waals surface area contributed by atoms with E-state index in [1.54, 1.807) is 0 Å². The first-order valence-corrected chi connectivity index (χ1v) is 6.36. The standard InChI is InChI=1S/C8H15NO4S.ClH/c1-13-8(10)2-4-9-7-3-5-14(11,12)6-7;/h7,9H,2-6H2,1H3;1H. The van der Waals surface area contributed by atoms with Crippen molar-refractivity contribution in [3.63, 3.8) is 0 Å². The van der Waals surface area contributed by atoms with Crippen molar-refractivity contribution in [2.24, 2.45) is 0 Å². The molecule has 0 bridgehead atoms. The predicted molar refractivity (Wildman–Crippen MR) is 58.9 cm³/mol. The molecule has 1 heterocycles. The number of carbonyl (C=O) groups is 1. The molecule has 0 spiro atoms. The van der Waals surface area contributed by atoms with Gasteiger partial charge in [0.1, 0.15) is 0 Å². The van der Waals surface area contributed by atoms with Gasteiger partial charge in [-0.1, -0.05) is 0 Å². The Morgan fingerprint density at radius 3 is 2.67 bits per heavy atom. The van der Waals surface area contributed by atoms with Crippen LogP contribution in [0.2, 0.25) is 0 Å². The molecule has 7 heteroatoms. The summed E-state index contributed by atoms with van der Waals surface area (Å²) in [5.74, 6) is 0.162. The van der Waals surface area contributed by atoms with Crippen molar-refractivity contribution in [2.75, 3.05) is 25.2 Å². The quantitative estimate of drug-likeness (QED) is 0.703. The van der Waals surface area contributed by atoms with Crippen molar-refractivity contribution in [3.05, 3.63) is 0 Å². The third kappa shape index (κ3) is 5.34. The Hall–Kier alpha value is -0.330. The van der Waals surface area contributed by atoms with E-state index in [2.05, 4.69) is 10.1 Å². The Bertz CT molecular complexity index is 304. The van der Waals surface area contributed by atoms with Gasteiger partial charge in [-0.25, -0.2) is 8.42 Å². The lowest BCUT2D eigenvalue weighted by Gasteiger charge is -2.08. The van der Waals surface area contributed by atoms with E-state index in [0.29, 0.717) is 13.0 Å². The molecule has 1 fully saturated rings. The predicted octanol–water partition coefficient (Wildman–Crippen LogP) is -0.252. The second kappa shape index (κ2) is 6.30. The normalized spacial score (nSPS) is 23.1. The zero-order chi connectivity index (χ0) is 10.6. The number of rotatable bonds is 4. The lowest BCUT2D eigenvalue weighted by atomic mass is 10.2. The van der Waals surface area contributed by atoms with E-state index in [-0.39, 0.29) is 42.3 Å². The third-order valence-electron chi connectivity index (χ3n) is 2.22. The molecule has 5 nitrogen and oxygen atoms in total. The van der Waals surface area contributed by atoms with Crippen molar-refractivity contribution in [1.29, 1.82) is 0 Å². The van der Waals surface area contributed by atoms with E-state index in [4.69, 9.17) is 0 Å². The van der Waals surface area contributed by atoms with Gasteiger partial charge < -0.3 is 10.1 Å². The molecule has 0 aromatic heterocycles. The maximum Gasteiger partial charge on any atom is 0.306 e. The number of nitrogens with one attached hydrogen (secondary N) is 1. The fraction of sp³-hybridized carbons (Fsp3) is 0.875. The molecule has 1 aliphatic heterocycles. The van der Waals surface area contributed by atoms with Crippen LogP contribution in [-0.4, -0.2) is 45.6 Å². The van der Waals surface area contributed by atoms with Crippen LogP contribution in [0.15, 0.2) is 0 Å². The van der Waals surface area contributed by atoms with Gasteiger partial charge in [-0.05, 0) is 6.42 Å². The summed E-state index contributed by atoms with van der Waals surface area (Å²) in [6.45, 7) is 0.479. The molecule has 1 unspecified atom stereocenters. The summed E-state index contributed by atoms with van der Waals surface area (Å²) in [5.41, 5.74) is 0. The Kier molecular flexibility index (Phi) is 6.16. The van der Waals surface area contributed by atoms with Crippen LogP contribution >= 0.6 is 12.4 Å². The van der Waals surface area contributed by atoms with Crippen LogP contribution in [0.3, 0.4) is 0 Å². The minimum absolute atomic E-state index is 0. The monoisotopic (exact) mass is 257 g/mol. The van der Waals surface area contributed by atoms with E-state index < -0.39 is 9.84 Å². The van der Waals surface area contributed by atoms with Crippen LogP contribution in [0.4, 0.5) is 0 Å². The van der Waals surface area contributed by atoms with Crippen molar-refractivity contribution < 1.29 is 17.9 Å². The number of esters is 1. The number of sulfone groups is 1. The van der Waals surface area contributed by atoms with Crippen LogP contribution in [0.5, 0.6) is 0 Å². The van der Waals surface area contributed by atoms with E-state index >= 15 is 0 Å². The average molecular weight is 258 g/mol. The summed E-state index contributed by atoms with van der Waals surface area (Å²) in [7, 11) is -1.49. The molecule has 0 aromatic carbocycles. The largest absolute Gasteiger partial charge is 0.469 e. The Morgan fingerprint density at radius 1 is 1.53 bits per heavy atom. The van der Waals surface area contributed by atoms with Crippen LogP contribution in [0, 0.1) is 0 Å². The minimum Gasteiger partial charge on any atom is -0.469 e. The lowest BCUT2D eigenvalue weighted by Crippen LogP contribution is -2.31.